The molecule has 1 saturated carbocycles. The monoisotopic (exact) mass is 383 g/mol. The number of Topliss-reactive ketones (excluding diaryl/α,β-unsaturated/α-hetero) is 1. The summed E-state index contributed by atoms with van der Waals surface area (Å²) in [6.45, 7) is 0.810. The Hall–Kier alpha value is -3.14. The van der Waals surface area contributed by atoms with Gasteiger partial charge in [-0.3, -0.25) is 9.59 Å². The molecule has 28 heavy (non-hydrogen) atoms. The Morgan fingerprint density at radius 2 is 1.79 bits per heavy atom. The first-order chi connectivity index (χ1) is 13.4. The molecule has 0 aliphatic heterocycles. The summed E-state index contributed by atoms with van der Waals surface area (Å²) < 4.78 is 5.04. The number of nitrogens with zero attached hydrogens (tertiary/aromatic N) is 2. The summed E-state index contributed by atoms with van der Waals surface area (Å²) in [7, 11) is 1.75. The number of nitriles is 1. The third-order valence-electron chi connectivity index (χ3n) is 4.94. The van der Waals surface area contributed by atoms with Gasteiger partial charge in [0.05, 0.1) is 11.1 Å². The number of rotatable bonds is 6. The molecule has 1 aromatic carbocycles. The highest BCUT2D eigenvalue weighted by Gasteiger charge is 2.26. The van der Waals surface area contributed by atoms with Crippen molar-refractivity contribution in [1.29, 1.82) is 5.26 Å². The highest BCUT2D eigenvalue weighted by atomic mass is 16.5. The standard InChI is InChI=1S/C21H25N3O4/c1-14(23)18(12-22)19(25)13-28-21(27)17-11-7-6-10-16(17)20(26)24(2)15-8-4-3-5-9-15/h6-7,10-11,15H,3-5,8-9,13,23H2,1-2H3/b18-14-. The molecule has 2 rings (SSSR count). The lowest BCUT2D eigenvalue weighted by Crippen LogP contribution is -2.39. The molecule has 1 aliphatic carbocycles. The lowest BCUT2D eigenvalue weighted by molar-refractivity contribution is -0.118. The molecule has 1 aromatic rings. The summed E-state index contributed by atoms with van der Waals surface area (Å²) in [5.41, 5.74) is 5.63. The summed E-state index contributed by atoms with van der Waals surface area (Å²) in [6, 6.07) is 8.22. The first kappa shape index (κ1) is 21.2. The molecule has 0 aromatic heterocycles. The van der Waals surface area contributed by atoms with E-state index in [0.29, 0.717) is 0 Å². The molecule has 0 heterocycles. The van der Waals surface area contributed by atoms with Gasteiger partial charge in [-0.2, -0.15) is 5.26 Å². The Morgan fingerprint density at radius 3 is 2.36 bits per heavy atom. The number of allylic oxidation sites excluding steroid dienone is 1. The maximum atomic E-state index is 12.9. The number of benzene rings is 1. The van der Waals surface area contributed by atoms with Gasteiger partial charge in [0.1, 0.15) is 11.6 Å². The molecule has 148 valence electrons. The molecule has 1 amide bonds. The first-order valence-corrected chi connectivity index (χ1v) is 9.29. The van der Waals surface area contributed by atoms with E-state index in [0.717, 1.165) is 25.7 Å². The van der Waals surface area contributed by atoms with Crippen LogP contribution in [0.3, 0.4) is 0 Å². The second-order valence-electron chi connectivity index (χ2n) is 6.92. The Balaban J connectivity index is 2.13. The van der Waals surface area contributed by atoms with Gasteiger partial charge in [-0.25, -0.2) is 4.79 Å². The van der Waals surface area contributed by atoms with Crippen LogP contribution in [0.2, 0.25) is 0 Å². The van der Waals surface area contributed by atoms with Crippen LogP contribution in [0.1, 0.15) is 59.7 Å². The van der Waals surface area contributed by atoms with Crippen molar-refractivity contribution in [3.8, 4) is 6.07 Å². The van der Waals surface area contributed by atoms with E-state index in [1.807, 2.05) is 0 Å². The third-order valence-corrected chi connectivity index (χ3v) is 4.94. The van der Waals surface area contributed by atoms with Crippen LogP contribution in [-0.4, -0.2) is 42.3 Å². The van der Waals surface area contributed by atoms with Gasteiger partial charge in [-0.15, -0.1) is 0 Å². The highest BCUT2D eigenvalue weighted by molar-refractivity contribution is 6.06. The quantitative estimate of drug-likeness (QED) is 0.459. The fraction of sp³-hybridized carbons (Fsp3) is 0.429. The number of amides is 1. The summed E-state index contributed by atoms with van der Waals surface area (Å²) >= 11 is 0. The Kier molecular flexibility index (Phi) is 7.33. The van der Waals surface area contributed by atoms with Gasteiger partial charge in [0, 0.05) is 18.8 Å². The number of carbonyl (C=O) groups excluding carboxylic acids is 3. The highest BCUT2D eigenvalue weighted by Crippen LogP contribution is 2.24. The van der Waals surface area contributed by atoms with E-state index in [-0.39, 0.29) is 34.3 Å². The SMILES string of the molecule is C/C(N)=C(\C#N)C(=O)COC(=O)c1ccccc1C(=O)N(C)C1CCCCC1. The second-order valence-corrected chi connectivity index (χ2v) is 6.92. The van der Waals surface area contributed by atoms with Crippen molar-refractivity contribution in [2.75, 3.05) is 13.7 Å². The van der Waals surface area contributed by atoms with Crippen LogP contribution in [0, 0.1) is 11.3 Å². The fourth-order valence-corrected chi connectivity index (χ4v) is 3.32. The zero-order valence-corrected chi connectivity index (χ0v) is 16.2. The van der Waals surface area contributed by atoms with Gasteiger partial charge in [-0.05, 0) is 31.9 Å². The minimum atomic E-state index is -0.790. The first-order valence-electron chi connectivity index (χ1n) is 9.29. The topological polar surface area (TPSA) is 113 Å². The zero-order chi connectivity index (χ0) is 20.7. The predicted octanol–water partition coefficient (Wildman–Crippen LogP) is 2.57. The van der Waals surface area contributed by atoms with Crippen LogP contribution in [0.15, 0.2) is 35.5 Å². The van der Waals surface area contributed by atoms with E-state index in [4.69, 9.17) is 15.7 Å². The molecule has 0 unspecified atom stereocenters. The van der Waals surface area contributed by atoms with Crippen LogP contribution in [-0.2, 0) is 9.53 Å². The second kappa shape index (κ2) is 9.70. The third kappa shape index (κ3) is 4.97. The summed E-state index contributed by atoms with van der Waals surface area (Å²) in [5.74, 6) is -1.72. The molecule has 2 N–H and O–H groups in total. The van der Waals surface area contributed by atoms with Crippen molar-refractivity contribution in [2.45, 2.75) is 45.1 Å². The van der Waals surface area contributed by atoms with Crippen molar-refractivity contribution in [1.82, 2.24) is 4.90 Å². The summed E-state index contributed by atoms with van der Waals surface area (Å²) in [5, 5.41) is 8.95. The molecule has 0 saturated heterocycles. The number of ether oxygens (including phenoxy) is 1. The summed E-state index contributed by atoms with van der Waals surface area (Å²) in [4.78, 5) is 39.1. The van der Waals surface area contributed by atoms with E-state index in [1.54, 1.807) is 36.2 Å². The van der Waals surface area contributed by atoms with E-state index >= 15 is 0 Å². The lowest BCUT2D eigenvalue weighted by atomic mass is 9.94. The summed E-state index contributed by atoms with van der Waals surface area (Å²) in [6.07, 6.45) is 5.25. The largest absolute Gasteiger partial charge is 0.454 e. The van der Waals surface area contributed by atoms with Crippen molar-refractivity contribution >= 4 is 17.7 Å². The normalized spacial score (nSPS) is 15.2. The molecule has 0 spiro atoms. The van der Waals surface area contributed by atoms with Crippen LogP contribution < -0.4 is 5.73 Å². The lowest BCUT2D eigenvalue weighted by Gasteiger charge is -2.31. The van der Waals surface area contributed by atoms with Crippen molar-refractivity contribution in [2.24, 2.45) is 5.73 Å². The van der Waals surface area contributed by atoms with Gasteiger partial charge >= 0.3 is 5.97 Å². The van der Waals surface area contributed by atoms with Crippen molar-refractivity contribution in [3.63, 3.8) is 0 Å². The molecule has 1 fully saturated rings. The Bertz CT molecular complexity index is 828. The molecular weight excluding hydrogens is 358 g/mol. The van der Waals surface area contributed by atoms with Gasteiger partial charge in [0.15, 0.2) is 6.61 Å². The fourth-order valence-electron chi connectivity index (χ4n) is 3.32. The number of ketones is 1. The van der Waals surface area contributed by atoms with Crippen LogP contribution in [0.5, 0.6) is 0 Å². The molecule has 7 nitrogen and oxygen atoms in total. The maximum Gasteiger partial charge on any atom is 0.339 e. The van der Waals surface area contributed by atoms with Gasteiger partial charge in [0.2, 0.25) is 5.78 Å². The van der Waals surface area contributed by atoms with E-state index in [9.17, 15) is 14.4 Å². The molecule has 0 atom stereocenters. The number of nitrogens with two attached hydrogens (primary N) is 1. The number of carbonyl (C=O) groups is 3. The average molecular weight is 383 g/mol. The van der Waals surface area contributed by atoms with Gasteiger partial charge < -0.3 is 15.4 Å². The van der Waals surface area contributed by atoms with Crippen LogP contribution in [0.25, 0.3) is 0 Å². The smallest absolute Gasteiger partial charge is 0.339 e. The predicted molar refractivity (Wildman–Crippen MR) is 103 cm³/mol. The van der Waals surface area contributed by atoms with Crippen molar-refractivity contribution in [3.05, 3.63) is 46.7 Å². The molecule has 0 radical (unpaired) electrons. The zero-order valence-electron chi connectivity index (χ0n) is 16.2. The number of hydrogen-bond acceptors (Lipinski definition) is 6. The Labute approximate surface area is 164 Å². The minimum Gasteiger partial charge on any atom is -0.454 e. The average Bonchev–Trinajstić information content (AvgIpc) is 2.71. The Morgan fingerprint density at radius 1 is 1.18 bits per heavy atom. The molecule has 1 aliphatic rings. The van der Waals surface area contributed by atoms with E-state index < -0.39 is 18.4 Å². The van der Waals surface area contributed by atoms with Crippen LogP contribution >= 0.6 is 0 Å². The maximum absolute atomic E-state index is 12.9. The number of esters is 1. The van der Waals surface area contributed by atoms with Gasteiger partial charge in [-0.1, -0.05) is 31.4 Å². The number of hydrogen-bond donors (Lipinski definition) is 1. The minimum absolute atomic E-state index is 0.0632. The molecule has 0 bridgehead atoms. The van der Waals surface area contributed by atoms with Crippen LogP contribution in [0.4, 0.5) is 0 Å². The molecular formula is C21H25N3O4. The van der Waals surface area contributed by atoms with Gasteiger partial charge in [0.25, 0.3) is 5.91 Å². The van der Waals surface area contributed by atoms with E-state index in [1.165, 1.54) is 19.4 Å². The van der Waals surface area contributed by atoms with E-state index in [2.05, 4.69) is 0 Å². The molecule has 7 heteroatoms. The van der Waals surface area contributed by atoms with Crippen molar-refractivity contribution < 1.29 is 19.1 Å².